The molecule has 13 unspecified atom stereocenters. The second-order valence-corrected chi connectivity index (χ2v) is 18.6. The predicted molar refractivity (Wildman–Crippen MR) is 232 cm³/mol. The summed E-state index contributed by atoms with van der Waals surface area (Å²) < 4.78 is 30.7. The monoisotopic (exact) mass is 865 g/mol. The molecule has 4 aliphatic rings. The van der Waals surface area contributed by atoms with Crippen molar-refractivity contribution in [2.75, 3.05) is 20.8 Å². The van der Waals surface area contributed by atoms with Crippen molar-refractivity contribution in [2.24, 2.45) is 29.6 Å². The first kappa shape index (κ1) is 49.3. The number of aliphatic hydroxyl groups is 2. The normalized spacial score (nSPS) is 36.5. The largest absolute Gasteiger partial charge is 0.488 e. The molecule has 1 amide bonds. The van der Waals surface area contributed by atoms with Crippen LogP contribution in [-0.4, -0.2) is 114 Å². The number of amides is 1. The third-order valence-corrected chi connectivity index (χ3v) is 13.8. The standard InChI is InChI=1S/C49H71NO12/c1-9-36-23-29(2)22-30(3)24-42(58-7)45-43(59-8)26-33(6)49(57,62-45)46(54)47(55)50-21-11-10-12-38(50)48(56)61-44(31(4)13-19-39(36)52)32(5)25-35-16-20-40(53)41(27-35)60-37-17-14-34(28-51)15-18-37/h14-15,17-18,23,25,28,30-31,33,35-36,38,40-45,53,57H,9-13,16,19-22,24,26-27H2,1-8H3. The number of methoxy groups -OCH3 is 2. The first-order chi connectivity index (χ1) is 29.5. The summed E-state index contributed by atoms with van der Waals surface area (Å²) >= 11 is 0. The van der Waals surface area contributed by atoms with Crippen LogP contribution in [0, 0.1) is 29.6 Å². The number of nitrogens with zero attached hydrogens (tertiary/aromatic N) is 1. The molecular formula is C49H71NO12. The fourth-order valence-corrected chi connectivity index (χ4v) is 10.1. The van der Waals surface area contributed by atoms with E-state index in [1.165, 1.54) is 4.90 Å². The number of carbonyl (C=O) groups excluding carboxylic acids is 5. The number of benzene rings is 1. The van der Waals surface area contributed by atoms with Crippen LogP contribution in [0.4, 0.5) is 0 Å². The fourth-order valence-electron chi connectivity index (χ4n) is 10.1. The van der Waals surface area contributed by atoms with E-state index < -0.39 is 72.0 Å². The van der Waals surface area contributed by atoms with Crippen molar-refractivity contribution in [3.8, 4) is 5.75 Å². The Morgan fingerprint density at radius 3 is 2.29 bits per heavy atom. The maximum atomic E-state index is 14.4. The molecule has 1 aliphatic carbocycles. The van der Waals surface area contributed by atoms with E-state index in [0.29, 0.717) is 69.1 Å². The molecule has 13 heteroatoms. The minimum Gasteiger partial charge on any atom is -0.488 e. The van der Waals surface area contributed by atoms with E-state index in [0.717, 1.165) is 17.4 Å². The topological polar surface area (TPSA) is 175 Å². The number of aldehydes is 1. The van der Waals surface area contributed by atoms with Crippen molar-refractivity contribution < 1.29 is 57.9 Å². The van der Waals surface area contributed by atoms with Crippen molar-refractivity contribution >= 4 is 29.7 Å². The Labute approximate surface area is 367 Å². The number of esters is 1. The molecule has 5 rings (SSSR count). The maximum Gasteiger partial charge on any atom is 0.329 e. The third-order valence-electron chi connectivity index (χ3n) is 13.8. The smallest absolute Gasteiger partial charge is 0.329 e. The number of allylic oxidation sites excluding steroid dienone is 3. The second-order valence-electron chi connectivity index (χ2n) is 18.6. The van der Waals surface area contributed by atoms with Crippen LogP contribution in [0.5, 0.6) is 5.75 Å². The van der Waals surface area contributed by atoms with E-state index in [1.807, 2.05) is 27.7 Å². The summed E-state index contributed by atoms with van der Waals surface area (Å²) in [5.41, 5.74) is 2.36. The molecule has 3 heterocycles. The van der Waals surface area contributed by atoms with Crippen LogP contribution in [0.3, 0.4) is 0 Å². The van der Waals surface area contributed by atoms with Gasteiger partial charge in [0.05, 0.1) is 18.3 Å². The molecule has 1 aromatic rings. The lowest BCUT2D eigenvalue weighted by atomic mass is 9.82. The quantitative estimate of drug-likeness (QED) is 0.122. The van der Waals surface area contributed by atoms with Gasteiger partial charge < -0.3 is 38.8 Å². The Balaban J connectivity index is 1.47. The van der Waals surface area contributed by atoms with Gasteiger partial charge in [0.15, 0.2) is 0 Å². The molecule has 0 radical (unpaired) electrons. The Morgan fingerprint density at radius 1 is 0.935 bits per heavy atom. The van der Waals surface area contributed by atoms with Gasteiger partial charge in [-0.05, 0) is 132 Å². The summed E-state index contributed by atoms with van der Waals surface area (Å²) in [5.74, 6) is -6.00. The van der Waals surface area contributed by atoms with Gasteiger partial charge in [-0.1, -0.05) is 45.4 Å². The summed E-state index contributed by atoms with van der Waals surface area (Å²) in [7, 11) is 3.09. The second kappa shape index (κ2) is 22.2. The van der Waals surface area contributed by atoms with Crippen LogP contribution in [-0.2, 0) is 38.1 Å². The molecule has 62 heavy (non-hydrogen) atoms. The number of aliphatic hydroxyl groups excluding tert-OH is 1. The van der Waals surface area contributed by atoms with Gasteiger partial charge in [-0.2, -0.15) is 0 Å². The predicted octanol–water partition coefficient (Wildman–Crippen LogP) is 6.75. The molecular weight excluding hydrogens is 795 g/mol. The Bertz CT molecular complexity index is 1780. The van der Waals surface area contributed by atoms with E-state index >= 15 is 0 Å². The number of ketones is 2. The van der Waals surface area contributed by atoms with Gasteiger partial charge in [0.25, 0.3) is 11.7 Å². The van der Waals surface area contributed by atoms with Crippen molar-refractivity contribution in [1.82, 2.24) is 4.90 Å². The highest BCUT2D eigenvalue weighted by Crippen LogP contribution is 2.39. The highest BCUT2D eigenvalue weighted by Gasteiger charge is 2.56. The number of hydrogen-bond acceptors (Lipinski definition) is 12. The van der Waals surface area contributed by atoms with Crippen molar-refractivity contribution in [1.29, 1.82) is 0 Å². The van der Waals surface area contributed by atoms with Gasteiger partial charge >= 0.3 is 5.97 Å². The maximum absolute atomic E-state index is 14.4. The molecule has 2 N–H and O–H groups in total. The number of hydrogen-bond donors (Lipinski definition) is 2. The van der Waals surface area contributed by atoms with Gasteiger partial charge in [-0.25, -0.2) is 4.79 Å². The molecule has 344 valence electrons. The number of ether oxygens (including phenoxy) is 5. The Morgan fingerprint density at radius 2 is 1.63 bits per heavy atom. The van der Waals surface area contributed by atoms with Gasteiger partial charge in [0, 0.05) is 44.6 Å². The number of fused-ring (bicyclic) bond motifs is 3. The molecule has 3 fully saturated rings. The summed E-state index contributed by atoms with van der Waals surface area (Å²) in [5, 5.41) is 23.0. The van der Waals surface area contributed by atoms with Crippen LogP contribution in [0.1, 0.15) is 129 Å². The Hall–Kier alpha value is -3.75. The first-order valence-electron chi connectivity index (χ1n) is 22.8. The van der Waals surface area contributed by atoms with Gasteiger partial charge in [0.1, 0.15) is 42.2 Å². The molecule has 3 aliphatic heterocycles. The molecule has 13 atom stereocenters. The average molecular weight is 866 g/mol. The van der Waals surface area contributed by atoms with E-state index in [1.54, 1.807) is 45.4 Å². The third kappa shape index (κ3) is 11.9. The Kier molecular flexibility index (Phi) is 17.7. The van der Waals surface area contributed by atoms with Crippen LogP contribution in [0.2, 0.25) is 0 Å². The molecule has 1 aromatic carbocycles. The van der Waals surface area contributed by atoms with Gasteiger partial charge in [-0.3, -0.25) is 19.2 Å². The van der Waals surface area contributed by atoms with Gasteiger partial charge in [-0.15, -0.1) is 0 Å². The average Bonchev–Trinajstić information content (AvgIpc) is 3.26. The lowest BCUT2D eigenvalue weighted by molar-refractivity contribution is -0.302. The number of carbonyl (C=O) groups is 5. The first-order valence-corrected chi connectivity index (χ1v) is 22.8. The number of rotatable bonds is 8. The number of cyclic esters (lactones) is 1. The molecule has 2 saturated heterocycles. The minimum atomic E-state index is -2.49. The van der Waals surface area contributed by atoms with Gasteiger partial charge in [0.2, 0.25) is 5.79 Å². The summed E-state index contributed by atoms with van der Waals surface area (Å²) in [4.78, 5) is 69.3. The van der Waals surface area contributed by atoms with Crippen LogP contribution >= 0.6 is 0 Å². The molecule has 0 spiro atoms. The van der Waals surface area contributed by atoms with Crippen LogP contribution in [0.15, 0.2) is 47.6 Å². The molecule has 13 nitrogen and oxygen atoms in total. The lowest BCUT2D eigenvalue weighted by Crippen LogP contribution is -2.64. The lowest BCUT2D eigenvalue weighted by Gasteiger charge is -2.47. The van der Waals surface area contributed by atoms with E-state index in [4.69, 9.17) is 23.7 Å². The highest BCUT2D eigenvalue weighted by molar-refractivity contribution is 6.39. The van der Waals surface area contributed by atoms with Crippen molar-refractivity contribution in [3.05, 3.63) is 53.1 Å². The van der Waals surface area contributed by atoms with Crippen LogP contribution < -0.4 is 4.74 Å². The molecule has 0 aromatic heterocycles. The summed E-state index contributed by atoms with van der Waals surface area (Å²) in [6.45, 7) is 11.7. The SMILES string of the molecule is CCC1C=C(C)CC(C)CC(OC)C2OC(O)(C(=O)C(=O)N3CCCCC3C(=O)OC(C(C)=CC3CCC(O)C(Oc4ccc(C=O)cc4)C3)C(C)CCC1=O)C(C)CC2OC. The van der Waals surface area contributed by atoms with E-state index in [2.05, 4.69) is 19.1 Å². The van der Waals surface area contributed by atoms with Crippen molar-refractivity contribution in [2.45, 2.75) is 167 Å². The fraction of sp³-hybridized carbons (Fsp3) is 0.694. The zero-order chi connectivity index (χ0) is 45.3. The zero-order valence-corrected chi connectivity index (χ0v) is 38.1. The number of piperidine rings is 1. The van der Waals surface area contributed by atoms with E-state index in [-0.39, 0.29) is 55.3 Å². The van der Waals surface area contributed by atoms with Crippen molar-refractivity contribution in [3.63, 3.8) is 0 Å². The summed E-state index contributed by atoms with van der Waals surface area (Å²) in [6.07, 6.45) is 6.79. The van der Waals surface area contributed by atoms with E-state index in [9.17, 15) is 34.2 Å². The zero-order valence-electron chi connectivity index (χ0n) is 38.1. The molecule has 2 bridgehead atoms. The minimum absolute atomic E-state index is 0.0295. The number of Topliss-reactive ketones (excluding diaryl/α,β-unsaturated/α-hetero) is 2. The van der Waals surface area contributed by atoms with Crippen LogP contribution in [0.25, 0.3) is 0 Å². The summed E-state index contributed by atoms with van der Waals surface area (Å²) in [6, 6.07) is 5.65. The molecule has 1 saturated carbocycles. The highest BCUT2D eigenvalue weighted by atomic mass is 16.7.